The molecule has 1 aromatic carbocycles. The van der Waals surface area contributed by atoms with Gasteiger partial charge in [0.15, 0.2) is 0 Å². The van der Waals surface area contributed by atoms with Crippen LogP contribution in [0.5, 0.6) is 0 Å². The Morgan fingerprint density at radius 2 is 2.25 bits per heavy atom. The predicted molar refractivity (Wildman–Crippen MR) is 57.1 cm³/mol. The molecule has 1 aliphatic rings. The predicted octanol–water partition coefficient (Wildman–Crippen LogP) is 2.66. The Hall–Kier alpha value is -0.0900. The Kier molecular flexibility index (Phi) is 2.37. The average Bonchev–Trinajstić information content (AvgIpc) is 2.07. The standard InChI is InChI=1S/C10H11IO/c11-8-5-4-7-2-1-3-10(12)9(7)6-8/h4-6,10,12H,1-3H2. The summed E-state index contributed by atoms with van der Waals surface area (Å²) in [5.74, 6) is 0. The van der Waals surface area contributed by atoms with Crippen LogP contribution in [-0.4, -0.2) is 5.11 Å². The number of aryl methyl sites for hydroxylation is 1. The maximum Gasteiger partial charge on any atom is 0.0793 e. The first-order valence-electron chi connectivity index (χ1n) is 4.24. The van der Waals surface area contributed by atoms with Gasteiger partial charge in [-0.15, -0.1) is 0 Å². The van der Waals surface area contributed by atoms with Gasteiger partial charge in [-0.2, -0.15) is 0 Å². The van der Waals surface area contributed by atoms with Gasteiger partial charge in [-0.25, -0.2) is 0 Å². The van der Waals surface area contributed by atoms with E-state index in [1.54, 1.807) is 0 Å². The van der Waals surface area contributed by atoms with Gasteiger partial charge >= 0.3 is 0 Å². The molecule has 1 unspecified atom stereocenters. The monoisotopic (exact) mass is 274 g/mol. The van der Waals surface area contributed by atoms with Crippen molar-refractivity contribution in [3.63, 3.8) is 0 Å². The average molecular weight is 274 g/mol. The number of halogens is 1. The molecule has 1 atom stereocenters. The van der Waals surface area contributed by atoms with Crippen molar-refractivity contribution in [2.24, 2.45) is 0 Å². The van der Waals surface area contributed by atoms with Gasteiger partial charge in [0.05, 0.1) is 6.10 Å². The second-order valence-corrected chi connectivity index (χ2v) is 4.50. The van der Waals surface area contributed by atoms with Gasteiger partial charge < -0.3 is 5.11 Å². The molecule has 0 aromatic heterocycles. The number of hydrogen-bond donors (Lipinski definition) is 1. The Morgan fingerprint density at radius 1 is 1.42 bits per heavy atom. The first-order chi connectivity index (χ1) is 5.77. The lowest BCUT2D eigenvalue weighted by molar-refractivity contribution is 0.156. The molecule has 0 bridgehead atoms. The van der Waals surface area contributed by atoms with E-state index in [4.69, 9.17) is 0 Å². The quantitative estimate of drug-likeness (QED) is 0.721. The third-order valence-corrected chi connectivity index (χ3v) is 3.06. The molecule has 0 radical (unpaired) electrons. The van der Waals surface area contributed by atoms with Gasteiger partial charge in [-0.3, -0.25) is 0 Å². The second-order valence-electron chi connectivity index (χ2n) is 3.25. The van der Waals surface area contributed by atoms with E-state index >= 15 is 0 Å². The molecule has 12 heavy (non-hydrogen) atoms. The van der Waals surface area contributed by atoms with E-state index in [9.17, 15) is 5.11 Å². The van der Waals surface area contributed by atoms with E-state index in [-0.39, 0.29) is 6.10 Å². The molecule has 0 amide bonds. The summed E-state index contributed by atoms with van der Waals surface area (Å²) >= 11 is 2.28. The highest BCUT2D eigenvalue weighted by Gasteiger charge is 2.17. The largest absolute Gasteiger partial charge is 0.388 e. The highest BCUT2D eigenvalue weighted by atomic mass is 127. The number of rotatable bonds is 0. The Bertz CT molecular complexity index is 296. The summed E-state index contributed by atoms with van der Waals surface area (Å²) in [7, 11) is 0. The molecule has 0 aliphatic heterocycles. The first kappa shape index (κ1) is 8.51. The van der Waals surface area contributed by atoms with E-state index in [0.717, 1.165) is 24.8 Å². The fourth-order valence-electron chi connectivity index (χ4n) is 1.75. The maximum absolute atomic E-state index is 9.68. The molecule has 1 aromatic rings. The summed E-state index contributed by atoms with van der Waals surface area (Å²) in [5, 5.41) is 9.68. The van der Waals surface area contributed by atoms with Crippen LogP contribution in [0.1, 0.15) is 30.1 Å². The Labute approximate surface area is 85.9 Å². The van der Waals surface area contributed by atoms with Crippen molar-refractivity contribution in [1.29, 1.82) is 0 Å². The van der Waals surface area contributed by atoms with Gasteiger partial charge in [0.2, 0.25) is 0 Å². The lowest BCUT2D eigenvalue weighted by Crippen LogP contribution is -2.08. The van der Waals surface area contributed by atoms with Crippen molar-refractivity contribution in [3.05, 3.63) is 32.9 Å². The lowest BCUT2D eigenvalue weighted by atomic mass is 9.90. The molecule has 1 aliphatic carbocycles. The van der Waals surface area contributed by atoms with Crippen LogP contribution in [0.25, 0.3) is 0 Å². The fraction of sp³-hybridized carbons (Fsp3) is 0.400. The van der Waals surface area contributed by atoms with Crippen LogP contribution in [0.2, 0.25) is 0 Å². The molecular weight excluding hydrogens is 263 g/mol. The topological polar surface area (TPSA) is 20.2 Å². The number of fused-ring (bicyclic) bond motifs is 1. The van der Waals surface area contributed by atoms with Crippen LogP contribution in [-0.2, 0) is 6.42 Å². The smallest absolute Gasteiger partial charge is 0.0793 e. The van der Waals surface area contributed by atoms with Crippen molar-refractivity contribution >= 4 is 22.6 Å². The van der Waals surface area contributed by atoms with E-state index in [1.165, 1.54) is 9.13 Å². The van der Waals surface area contributed by atoms with Crippen molar-refractivity contribution in [3.8, 4) is 0 Å². The van der Waals surface area contributed by atoms with Crippen molar-refractivity contribution < 1.29 is 5.11 Å². The molecular formula is C10H11IO. The zero-order chi connectivity index (χ0) is 8.55. The van der Waals surface area contributed by atoms with Crippen molar-refractivity contribution in [1.82, 2.24) is 0 Å². The van der Waals surface area contributed by atoms with Gasteiger partial charge in [0.25, 0.3) is 0 Å². The van der Waals surface area contributed by atoms with E-state index in [0.29, 0.717) is 0 Å². The minimum absolute atomic E-state index is 0.219. The van der Waals surface area contributed by atoms with E-state index in [1.807, 2.05) is 0 Å². The molecule has 0 fully saturated rings. The molecule has 0 heterocycles. The molecule has 1 N–H and O–H groups in total. The molecule has 1 nitrogen and oxygen atoms in total. The summed E-state index contributed by atoms with van der Waals surface area (Å²) in [5.41, 5.74) is 2.47. The van der Waals surface area contributed by atoms with Crippen molar-refractivity contribution in [2.75, 3.05) is 0 Å². The number of aliphatic hydroxyl groups is 1. The zero-order valence-corrected chi connectivity index (χ0v) is 8.91. The summed E-state index contributed by atoms with van der Waals surface area (Å²) in [4.78, 5) is 0. The lowest BCUT2D eigenvalue weighted by Gasteiger charge is -2.21. The first-order valence-corrected chi connectivity index (χ1v) is 5.31. The van der Waals surface area contributed by atoms with Crippen LogP contribution in [0.3, 0.4) is 0 Å². The maximum atomic E-state index is 9.68. The van der Waals surface area contributed by atoms with Crippen LogP contribution in [0, 0.1) is 3.57 Å². The third kappa shape index (κ3) is 1.50. The third-order valence-electron chi connectivity index (χ3n) is 2.39. The summed E-state index contributed by atoms with van der Waals surface area (Å²) in [6.45, 7) is 0. The van der Waals surface area contributed by atoms with Crippen molar-refractivity contribution in [2.45, 2.75) is 25.4 Å². The summed E-state index contributed by atoms with van der Waals surface area (Å²) < 4.78 is 1.22. The second kappa shape index (κ2) is 3.34. The summed E-state index contributed by atoms with van der Waals surface area (Å²) in [6.07, 6.45) is 2.95. The number of hydrogen-bond acceptors (Lipinski definition) is 1. The van der Waals surface area contributed by atoms with Crippen LogP contribution < -0.4 is 0 Å². The minimum Gasteiger partial charge on any atom is -0.388 e. The molecule has 0 saturated carbocycles. The molecule has 2 rings (SSSR count). The zero-order valence-electron chi connectivity index (χ0n) is 6.76. The molecule has 2 heteroatoms. The van der Waals surface area contributed by atoms with E-state index < -0.39 is 0 Å². The highest BCUT2D eigenvalue weighted by molar-refractivity contribution is 14.1. The Balaban J connectivity index is 2.47. The van der Waals surface area contributed by atoms with Gasteiger partial charge in [-0.1, -0.05) is 6.07 Å². The normalized spacial score (nSPS) is 22.0. The van der Waals surface area contributed by atoms with Gasteiger partial charge in [0.1, 0.15) is 0 Å². The van der Waals surface area contributed by atoms with Crippen LogP contribution in [0.4, 0.5) is 0 Å². The number of benzene rings is 1. The van der Waals surface area contributed by atoms with Gasteiger partial charge in [-0.05, 0) is 65.1 Å². The minimum atomic E-state index is -0.219. The Morgan fingerprint density at radius 3 is 3.08 bits per heavy atom. The highest BCUT2D eigenvalue weighted by Crippen LogP contribution is 2.30. The fourth-order valence-corrected chi connectivity index (χ4v) is 2.26. The molecule has 64 valence electrons. The van der Waals surface area contributed by atoms with Crippen LogP contribution >= 0.6 is 22.6 Å². The van der Waals surface area contributed by atoms with E-state index in [2.05, 4.69) is 40.8 Å². The SMILES string of the molecule is OC1CCCc2ccc(I)cc21. The van der Waals surface area contributed by atoms with Crippen LogP contribution in [0.15, 0.2) is 18.2 Å². The molecule has 0 spiro atoms. The number of aliphatic hydroxyl groups excluding tert-OH is 1. The summed E-state index contributed by atoms with van der Waals surface area (Å²) in [6, 6.07) is 6.34. The van der Waals surface area contributed by atoms with Gasteiger partial charge in [0, 0.05) is 3.57 Å². The molecule has 0 saturated heterocycles.